The van der Waals surface area contributed by atoms with Crippen molar-refractivity contribution in [1.82, 2.24) is 0 Å². The Hall–Kier alpha value is -1.19. The van der Waals surface area contributed by atoms with Crippen LogP contribution in [-0.2, 0) is 0 Å². The predicted molar refractivity (Wildman–Crippen MR) is 69.3 cm³/mol. The van der Waals surface area contributed by atoms with E-state index in [0.717, 1.165) is 15.6 Å². The highest BCUT2D eigenvalue weighted by atomic mass is 79.9. The molecule has 0 radical (unpaired) electrons. The summed E-state index contributed by atoms with van der Waals surface area (Å²) < 4.78 is 14.1. The number of rotatable bonds is 2. The second-order valence-electron chi connectivity index (χ2n) is 3.96. The van der Waals surface area contributed by atoms with Gasteiger partial charge in [-0.25, -0.2) is 4.39 Å². The lowest BCUT2D eigenvalue weighted by atomic mass is 9.97. The number of hydrogen-bond acceptors (Lipinski definition) is 1. The first-order chi connectivity index (χ1) is 8.08. The van der Waals surface area contributed by atoms with Crippen LogP contribution in [0, 0.1) is 12.7 Å². The van der Waals surface area contributed by atoms with E-state index in [0.29, 0.717) is 5.56 Å². The van der Waals surface area contributed by atoms with Gasteiger partial charge in [0.1, 0.15) is 11.9 Å². The summed E-state index contributed by atoms with van der Waals surface area (Å²) in [5.41, 5.74) is 2.22. The van der Waals surface area contributed by atoms with Crippen LogP contribution in [-0.4, -0.2) is 5.11 Å². The molecule has 0 aliphatic carbocycles. The van der Waals surface area contributed by atoms with Gasteiger partial charge >= 0.3 is 0 Å². The average molecular weight is 295 g/mol. The van der Waals surface area contributed by atoms with E-state index in [2.05, 4.69) is 15.9 Å². The van der Waals surface area contributed by atoms with Gasteiger partial charge < -0.3 is 5.11 Å². The topological polar surface area (TPSA) is 20.2 Å². The summed E-state index contributed by atoms with van der Waals surface area (Å²) in [6, 6.07) is 11.8. The Balaban J connectivity index is 2.43. The largest absolute Gasteiger partial charge is 0.384 e. The van der Waals surface area contributed by atoms with Crippen LogP contribution < -0.4 is 0 Å². The molecule has 0 spiro atoms. The fraction of sp³-hybridized carbons (Fsp3) is 0.143. The normalized spacial score (nSPS) is 12.5. The van der Waals surface area contributed by atoms with Crippen LogP contribution in [0.5, 0.6) is 0 Å². The Kier molecular flexibility index (Phi) is 3.60. The van der Waals surface area contributed by atoms with Crippen LogP contribution in [0.3, 0.4) is 0 Å². The maximum absolute atomic E-state index is 13.2. The minimum atomic E-state index is -0.803. The van der Waals surface area contributed by atoms with Crippen LogP contribution in [0.4, 0.5) is 4.39 Å². The van der Waals surface area contributed by atoms with E-state index >= 15 is 0 Å². The van der Waals surface area contributed by atoms with Crippen molar-refractivity contribution in [3.05, 3.63) is 69.4 Å². The summed E-state index contributed by atoms with van der Waals surface area (Å²) in [6.07, 6.45) is -0.803. The second kappa shape index (κ2) is 4.98. The number of hydrogen-bond donors (Lipinski definition) is 1. The van der Waals surface area contributed by atoms with E-state index < -0.39 is 6.10 Å². The van der Waals surface area contributed by atoms with Gasteiger partial charge in [-0.15, -0.1) is 0 Å². The van der Waals surface area contributed by atoms with Gasteiger partial charge in [-0.2, -0.15) is 0 Å². The molecule has 3 heteroatoms. The summed E-state index contributed by atoms with van der Waals surface area (Å²) in [5.74, 6) is -0.334. The van der Waals surface area contributed by atoms with Crippen molar-refractivity contribution in [3.8, 4) is 0 Å². The zero-order valence-corrected chi connectivity index (χ0v) is 10.9. The third kappa shape index (κ3) is 2.73. The number of aryl methyl sites for hydroxylation is 1. The molecule has 2 rings (SSSR count). The fourth-order valence-electron chi connectivity index (χ4n) is 1.76. The molecule has 2 aromatic rings. The van der Waals surface area contributed by atoms with Crippen molar-refractivity contribution in [1.29, 1.82) is 0 Å². The molecule has 0 saturated heterocycles. The Morgan fingerprint density at radius 2 is 1.94 bits per heavy atom. The van der Waals surface area contributed by atoms with Crippen molar-refractivity contribution >= 4 is 15.9 Å². The fourth-order valence-corrected chi connectivity index (χ4v) is 2.18. The molecule has 0 aliphatic rings. The molecule has 1 atom stereocenters. The third-order valence-corrected chi connectivity index (χ3v) is 3.19. The van der Waals surface area contributed by atoms with Crippen molar-refractivity contribution in [2.24, 2.45) is 0 Å². The van der Waals surface area contributed by atoms with Crippen LogP contribution >= 0.6 is 15.9 Å². The van der Waals surface area contributed by atoms with Gasteiger partial charge in [-0.3, -0.25) is 0 Å². The van der Waals surface area contributed by atoms with Crippen molar-refractivity contribution in [2.45, 2.75) is 13.0 Å². The van der Waals surface area contributed by atoms with Gasteiger partial charge in [0.25, 0.3) is 0 Å². The minimum Gasteiger partial charge on any atom is -0.384 e. The van der Waals surface area contributed by atoms with Gasteiger partial charge in [-0.05, 0) is 47.9 Å². The first-order valence-corrected chi connectivity index (χ1v) is 6.07. The van der Waals surface area contributed by atoms with Crippen molar-refractivity contribution in [3.63, 3.8) is 0 Å². The van der Waals surface area contributed by atoms with E-state index in [1.54, 1.807) is 6.07 Å². The van der Waals surface area contributed by atoms with E-state index in [1.807, 2.05) is 31.2 Å². The minimum absolute atomic E-state index is 0.334. The Bertz CT molecular complexity index is 539. The molecular weight excluding hydrogens is 283 g/mol. The number of halogens is 2. The zero-order chi connectivity index (χ0) is 12.4. The lowest BCUT2D eigenvalue weighted by Crippen LogP contribution is -2.02. The summed E-state index contributed by atoms with van der Waals surface area (Å²) in [6.45, 7) is 1.86. The van der Waals surface area contributed by atoms with Gasteiger partial charge in [0, 0.05) is 4.47 Å². The summed E-state index contributed by atoms with van der Waals surface area (Å²) in [4.78, 5) is 0. The number of aliphatic hydroxyl groups is 1. The van der Waals surface area contributed by atoms with Crippen LogP contribution in [0.1, 0.15) is 22.8 Å². The van der Waals surface area contributed by atoms with Crippen LogP contribution in [0.2, 0.25) is 0 Å². The standard InChI is InChI=1S/C14H12BrFO/c1-9-5-6-12(16)8-13(9)14(17)10-3-2-4-11(15)7-10/h2-8,14,17H,1H3. The first kappa shape index (κ1) is 12.3. The van der Waals surface area contributed by atoms with Gasteiger partial charge in [0.05, 0.1) is 0 Å². The van der Waals surface area contributed by atoms with Crippen LogP contribution in [0.25, 0.3) is 0 Å². The zero-order valence-electron chi connectivity index (χ0n) is 9.32. The molecule has 0 bridgehead atoms. The molecule has 1 nitrogen and oxygen atoms in total. The number of benzene rings is 2. The molecule has 0 saturated carbocycles. The maximum atomic E-state index is 13.2. The average Bonchev–Trinajstić information content (AvgIpc) is 2.31. The van der Waals surface area contributed by atoms with Gasteiger partial charge in [0.2, 0.25) is 0 Å². The molecular formula is C14H12BrFO. The lowest BCUT2D eigenvalue weighted by Gasteiger charge is -2.14. The quantitative estimate of drug-likeness (QED) is 0.888. The predicted octanol–water partition coefficient (Wildman–Crippen LogP) is 3.98. The highest BCUT2D eigenvalue weighted by Gasteiger charge is 2.13. The summed E-state index contributed by atoms with van der Waals surface area (Å²) in [5, 5.41) is 10.2. The number of aliphatic hydroxyl groups excluding tert-OH is 1. The smallest absolute Gasteiger partial charge is 0.123 e. The van der Waals surface area contributed by atoms with E-state index in [-0.39, 0.29) is 5.82 Å². The van der Waals surface area contributed by atoms with E-state index in [4.69, 9.17) is 0 Å². The molecule has 0 fully saturated rings. The summed E-state index contributed by atoms with van der Waals surface area (Å²) in [7, 11) is 0. The molecule has 1 unspecified atom stereocenters. The molecule has 1 N–H and O–H groups in total. The SMILES string of the molecule is Cc1ccc(F)cc1C(O)c1cccc(Br)c1. The molecule has 0 aliphatic heterocycles. The molecule has 0 heterocycles. The second-order valence-corrected chi connectivity index (χ2v) is 4.87. The van der Waals surface area contributed by atoms with E-state index in [1.165, 1.54) is 12.1 Å². The lowest BCUT2D eigenvalue weighted by molar-refractivity contribution is 0.219. The Labute approximate surface area is 108 Å². The Morgan fingerprint density at radius 1 is 1.18 bits per heavy atom. The third-order valence-electron chi connectivity index (χ3n) is 2.70. The first-order valence-electron chi connectivity index (χ1n) is 5.27. The highest BCUT2D eigenvalue weighted by Crippen LogP contribution is 2.27. The van der Waals surface area contributed by atoms with Crippen molar-refractivity contribution in [2.75, 3.05) is 0 Å². The molecule has 88 valence electrons. The molecule has 17 heavy (non-hydrogen) atoms. The maximum Gasteiger partial charge on any atom is 0.123 e. The summed E-state index contributed by atoms with van der Waals surface area (Å²) >= 11 is 3.35. The van der Waals surface area contributed by atoms with Gasteiger partial charge in [0.15, 0.2) is 0 Å². The highest BCUT2D eigenvalue weighted by molar-refractivity contribution is 9.10. The van der Waals surface area contributed by atoms with E-state index in [9.17, 15) is 9.50 Å². The van der Waals surface area contributed by atoms with Gasteiger partial charge in [-0.1, -0.05) is 34.1 Å². The molecule has 0 amide bonds. The molecule has 2 aromatic carbocycles. The van der Waals surface area contributed by atoms with Crippen LogP contribution in [0.15, 0.2) is 46.9 Å². The monoisotopic (exact) mass is 294 g/mol. The molecule has 0 aromatic heterocycles. The van der Waals surface area contributed by atoms with Crippen molar-refractivity contribution < 1.29 is 9.50 Å². The Morgan fingerprint density at radius 3 is 2.65 bits per heavy atom.